The third kappa shape index (κ3) is 3.60. The number of benzene rings is 3. The van der Waals surface area contributed by atoms with E-state index < -0.39 is 0 Å². The molecule has 2 nitrogen and oxygen atoms in total. The first-order chi connectivity index (χ1) is 10.8. The molecule has 3 aromatic carbocycles. The Morgan fingerprint density at radius 1 is 0.636 bits per heavy atom. The fourth-order valence-corrected chi connectivity index (χ4v) is 2.20. The Labute approximate surface area is 134 Å². The van der Waals surface area contributed by atoms with Crippen molar-refractivity contribution in [2.75, 3.05) is 0 Å². The highest BCUT2D eigenvalue weighted by molar-refractivity contribution is 6.17. The van der Waals surface area contributed by atoms with Gasteiger partial charge in [-0.05, 0) is 42.0 Å². The van der Waals surface area contributed by atoms with E-state index >= 15 is 0 Å². The van der Waals surface area contributed by atoms with Gasteiger partial charge in [-0.15, -0.1) is 11.6 Å². The second-order valence-corrected chi connectivity index (χ2v) is 5.01. The normalized spacial score (nSPS) is 10.2. The molecule has 0 saturated carbocycles. The van der Waals surface area contributed by atoms with Gasteiger partial charge in [-0.25, -0.2) is 0 Å². The molecule has 3 heteroatoms. The Hall–Kier alpha value is -2.45. The zero-order chi connectivity index (χ0) is 15.2. The Bertz CT molecular complexity index is 727. The van der Waals surface area contributed by atoms with Gasteiger partial charge in [-0.2, -0.15) is 0 Å². The van der Waals surface area contributed by atoms with E-state index in [0.29, 0.717) is 17.4 Å². The Kier molecular flexibility index (Phi) is 4.62. The Morgan fingerprint density at radius 2 is 1.18 bits per heavy atom. The van der Waals surface area contributed by atoms with Gasteiger partial charge in [0, 0.05) is 5.88 Å². The molecule has 0 N–H and O–H groups in total. The molecule has 0 radical (unpaired) electrons. The van der Waals surface area contributed by atoms with Crippen molar-refractivity contribution in [3.05, 3.63) is 84.4 Å². The van der Waals surface area contributed by atoms with Crippen molar-refractivity contribution in [1.29, 1.82) is 0 Å². The lowest BCUT2D eigenvalue weighted by molar-refractivity contribution is 0.418. The van der Waals surface area contributed by atoms with Gasteiger partial charge < -0.3 is 9.47 Å². The van der Waals surface area contributed by atoms with Gasteiger partial charge in [0.05, 0.1) is 0 Å². The minimum Gasteiger partial charge on any atom is -0.453 e. The zero-order valence-corrected chi connectivity index (χ0v) is 12.7. The Morgan fingerprint density at radius 3 is 1.73 bits per heavy atom. The van der Waals surface area contributed by atoms with Crippen LogP contribution in [0.1, 0.15) is 5.56 Å². The molecule has 0 aliphatic carbocycles. The van der Waals surface area contributed by atoms with Crippen molar-refractivity contribution in [2.24, 2.45) is 0 Å². The van der Waals surface area contributed by atoms with Crippen molar-refractivity contribution >= 4 is 11.6 Å². The second-order valence-electron chi connectivity index (χ2n) is 4.74. The predicted octanol–water partition coefficient (Wildman–Crippen LogP) is 6.01. The summed E-state index contributed by atoms with van der Waals surface area (Å²) in [6.45, 7) is 0. The maximum Gasteiger partial charge on any atom is 0.170 e. The molecule has 22 heavy (non-hydrogen) atoms. The molecule has 0 aliphatic rings. The van der Waals surface area contributed by atoms with E-state index in [1.165, 1.54) is 0 Å². The number of ether oxygens (including phenoxy) is 2. The molecule has 0 bridgehead atoms. The van der Waals surface area contributed by atoms with E-state index in [9.17, 15) is 0 Å². The lowest BCUT2D eigenvalue weighted by atomic mass is 10.2. The first-order valence-corrected chi connectivity index (χ1v) is 7.53. The second kappa shape index (κ2) is 7.01. The summed E-state index contributed by atoms with van der Waals surface area (Å²) >= 11 is 5.92. The molecule has 0 heterocycles. The number of halogens is 1. The maximum absolute atomic E-state index is 5.94. The summed E-state index contributed by atoms with van der Waals surface area (Å²) in [5.41, 5.74) is 0.980. The molecule has 0 amide bonds. The van der Waals surface area contributed by atoms with Crippen LogP contribution in [0.5, 0.6) is 23.0 Å². The van der Waals surface area contributed by atoms with Crippen LogP contribution in [0, 0.1) is 0 Å². The predicted molar refractivity (Wildman–Crippen MR) is 89.0 cm³/mol. The van der Waals surface area contributed by atoms with Crippen LogP contribution in [0.3, 0.4) is 0 Å². The largest absolute Gasteiger partial charge is 0.453 e. The zero-order valence-electron chi connectivity index (χ0n) is 11.9. The highest BCUT2D eigenvalue weighted by Crippen LogP contribution is 2.35. The fourth-order valence-electron chi connectivity index (χ4n) is 2.03. The summed E-state index contributed by atoms with van der Waals surface area (Å²) in [6.07, 6.45) is 0. The Balaban J connectivity index is 1.91. The summed E-state index contributed by atoms with van der Waals surface area (Å²) in [4.78, 5) is 0. The van der Waals surface area contributed by atoms with Gasteiger partial charge in [0.15, 0.2) is 11.5 Å². The topological polar surface area (TPSA) is 18.5 Å². The average molecular weight is 311 g/mol. The number of hydrogen-bond donors (Lipinski definition) is 0. The van der Waals surface area contributed by atoms with Gasteiger partial charge in [-0.3, -0.25) is 0 Å². The smallest absolute Gasteiger partial charge is 0.170 e. The molecule has 0 spiro atoms. The van der Waals surface area contributed by atoms with E-state index in [-0.39, 0.29) is 0 Å². The van der Waals surface area contributed by atoms with E-state index in [4.69, 9.17) is 21.1 Å². The molecular formula is C19H15ClO2. The van der Waals surface area contributed by atoms with E-state index in [1.807, 2.05) is 78.9 Å². The summed E-state index contributed by atoms with van der Waals surface area (Å²) in [5, 5.41) is 0. The van der Waals surface area contributed by atoms with E-state index in [0.717, 1.165) is 17.1 Å². The first kappa shape index (κ1) is 14.5. The van der Waals surface area contributed by atoms with E-state index in [1.54, 1.807) is 0 Å². The summed E-state index contributed by atoms with van der Waals surface area (Å²) in [7, 11) is 0. The summed E-state index contributed by atoms with van der Waals surface area (Å²) < 4.78 is 11.9. The van der Waals surface area contributed by atoms with Crippen molar-refractivity contribution in [2.45, 2.75) is 5.88 Å². The highest BCUT2D eigenvalue weighted by atomic mass is 35.5. The van der Waals surface area contributed by atoms with Crippen molar-refractivity contribution in [3.63, 3.8) is 0 Å². The van der Waals surface area contributed by atoms with Crippen LogP contribution in [0.15, 0.2) is 78.9 Å². The molecule has 0 unspecified atom stereocenters. The van der Waals surface area contributed by atoms with Crippen molar-refractivity contribution < 1.29 is 9.47 Å². The standard InChI is InChI=1S/C19H15ClO2/c20-14-15-11-12-18(21-16-7-3-1-4-8-16)19(13-15)22-17-9-5-2-6-10-17/h1-13H,14H2. The van der Waals surface area contributed by atoms with Crippen molar-refractivity contribution in [3.8, 4) is 23.0 Å². The van der Waals surface area contributed by atoms with Gasteiger partial charge in [-0.1, -0.05) is 42.5 Å². The average Bonchev–Trinajstić information content (AvgIpc) is 2.58. The van der Waals surface area contributed by atoms with Crippen LogP contribution in [0.2, 0.25) is 0 Å². The quantitative estimate of drug-likeness (QED) is 0.537. The highest BCUT2D eigenvalue weighted by Gasteiger charge is 2.09. The number of alkyl halides is 1. The minimum absolute atomic E-state index is 0.427. The van der Waals surface area contributed by atoms with Gasteiger partial charge in [0.25, 0.3) is 0 Å². The molecule has 0 saturated heterocycles. The lowest BCUT2D eigenvalue weighted by Crippen LogP contribution is -1.92. The van der Waals surface area contributed by atoms with Crippen LogP contribution in [0.25, 0.3) is 0 Å². The molecule has 0 atom stereocenters. The maximum atomic E-state index is 5.94. The molecule has 0 aromatic heterocycles. The lowest BCUT2D eigenvalue weighted by Gasteiger charge is -2.13. The molecular weight excluding hydrogens is 296 g/mol. The number of para-hydroxylation sites is 2. The van der Waals surface area contributed by atoms with Gasteiger partial charge in [0.2, 0.25) is 0 Å². The third-order valence-electron chi connectivity index (χ3n) is 3.10. The molecule has 3 rings (SSSR count). The summed E-state index contributed by atoms with van der Waals surface area (Å²) in [5.74, 6) is 3.25. The minimum atomic E-state index is 0.427. The molecule has 3 aromatic rings. The number of hydrogen-bond acceptors (Lipinski definition) is 2. The molecule has 0 aliphatic heterocycles. The third-order valence-corrected chi connectivity index (χ3v) is 3.41. The van der Waals surface area contributed by atoms with E-state index in [2.05, 4.69) is 0 Å². The monoisotopic (exact) mass is 310 g/mol. The van der Waals surface area contributed by atoms with Gasteiger partial charge in [0.1, 0.15) is 11.5 Å². The van der Waals surface area contributed by atoms with Crippen molar-refractivity contribution in [1.82, 2.24) is 0 Å². The first-order valence-electron chi connectivity index (χ1n) is 7.00. The molecule has 0 fully saturated rings. The van der Waals surface area contributed by atoms with Crippen LogP contribution in [-0.2, 0) is 5.88 Å². The van der Waals surface area contributed by atoms with Crippen LogP contribution >= 0.6 is 11.6 Å². The van der Waals surface area contributed by atoms with Crippen LogP contribution in [-0.4, -0.2) is 0 Å². The SMILES string of the molecule is ClCc1ccc(Oc2ccccc2)c(Oc2ccccc2)c1. The van der Waals surface area contributed by atoms with Crippen LogP contribution < -0.4 is 9.47 Å². The van der Waals surface area contributed by atoms with Crippen LogP contribution in [0.4, 0.5) is 0 Å². The molecule has 110 valence electrons. The number of rotatable bonds is 5. The fraction of sp³-hybridized carbons (Fsp3) is 0.0526. The summed E-state index contributed by atoms with van der Waals surface area (Å²) in [6, 6.07) is 24.9. The van der Waals surface area contributed by atoms with Gasteiger partial charge >= 0.3 is 0 Å².